The first-order chi connectivity index (χ1) is 9.35. The summed E-state index contributed by atoms with van der Waals surface area (Å²) in [5, 5.41) is 0. The summed E-state index contributed by atoms with van der Waals surface area (Å²) in [6.45, 7) is 2.01. The van der Waals surface area contributed by atoms with E-state index < -0.39 is 0 Å². The molecule has 0 saturated heterocycles. The molecular formula is C18H18O. The first kappa shape index (κ1) is 13.3. The predicted octanol–water partition coefficient (Wildman–Crippen LogP) is 4.35. The minimum Gasteiger partial charge on any atom is -0.298 e. The van der Waals surface area contributed by atoms with Crippen molar-refractivity contribution >= 4 is 6.29 Å². The number of carbonyl (C=O) groups is 1. The Morgan fingerprint density at radius 3 is 1.79 bits per heavy atom. The lowest BCUT2D eigenvalue weighted by Crippen LogP contribution is -1.99. The topological polar surface area (TPSA) is 17.1 Å². The lowest BCUT2D eigenvalue weighted by Gasteiger charge is -2.15. The maximum atomic E-state index is 11.1. The Bertz CT molecular complexity index is 501. The van der Waals surface area contributed by atoms with Gasteiger partial charge >= 0.3 is 0 Å². The molecule has 0 aromatic heterocycles. The van der Waals surface area contributed by atoms with E-state index in [1.165, 1.54) is 11.1 Å². The summed E-state index contributed by atoms with van der Waals surface area (Å²) in [4.78, 5) is 11.1. The smallest absolute Gasteiger partial charge is 0.145 e. The minimum absolute atomic E-state index is 0.141. The van der Waals surface area contributed by atoms with Crippen molar-refractivity contribution in [1.82, 2.24) is 0 Å². The van der Waals surface area contributed by atoms with Gasteiger partial charge in [-0.1, -0.05) is 73.7 Å². The van der Waals surface area contributed by atoms with E-state index in [2.05, 4.69) is 30.3 Å². The minimum atomic E-state index is 0.141. The number of allylic oxidation sites excluding steroid dienone is 2. The van der Waals surface area contributed by atoms with Gasteiger partial charge in [-0.3, -0.25) is 4.79 Å². The molecule has 0 amide bonds. The molecule has 0 aliphatic carbocycles. The molecule has 0 atom stereocenters. The molecule has 0 saturated carbocycles. The van der Waals surface area contributed by atoms with Crippen LogP contribution in [0.2, 0.25) is 0 Å². The fourth-order valence-electron chi connectivity index (χ4n) is 2.16. The van der Waals surface area contributed by atoms with Gasteiger partial charge < -0.3 is 0 Å². The molecule has 0 unspecified atom stereocenters. The van der Waals surface area contributed by atoms with Crippen LogP contribution in [0, 0.1) is 0 Å². The van der Waals surface area contributed by atoms with Crippen molar-refractivity contribution < 1.29 is 4.79 Å². The molecular weight excluding hydrogens is 232 g/mol. The molecule has 0 fully saturated rings. The third-order valence-electron chi connectivity index (χ3n) is 3.26. The zero-order chi connectivity index (χ0) is 13.5. The van der Waals surface area contributed by atoms with Gasteiger partial charge in [0.15, 0.2) is 0 Å². The summed E-state index contributed by atoms with van der Waals surface area (Å²) < 4.78 is 0. The van der Waals surface area contributed by atoms with E-state index in [1.54, 1.807) is 0 Å². The van der Waals surface area contributed by atoms with Gasteiger partial charge in [-0.25, -0.2) is 0 Å². The molecule has 1 heteroatoms. The highest BCUT2D eigenvalue weighted by Crippen LogP contribution is 2.27. The maximum absolute atomic E-state index is 11.1. The summed E-state index contributed by atoms with van der Waals surface area (Å²) in [6, 6.07) is 20.6. The molecule has 0 heterocycles. The molecule has 0 aliphatic heterocycles. The number of aldehydes is 1. The van der Waals surface area contributed by atoms with Crippen molar-refractivity contribution in [2.75, 3.05) is 0 Å². The molecule has 0 bridgehead atoms. The zero-order valence-electron chi connectivity index (χ0n) is 11.1. The average molecular weight is 250 g/mol. The van der Waals surface area contributed by atoms with Gasteiger partial charge in [0, 0.05) is 5.92 Å². The number of rotatable bonds is 5. The van der Waals surface area contributed by atoms with Crippen molar-refractivity contribution in [2.45, 2.75) is 19.3 Å². The molecule has 19 heavy (non-hydrogen) atoms. The summed E-state index contributed by atoms with van der Waals surface area (Å²) in [5.41, 5.74) is 3.26. The quantitative estimate of drug-likeness (QED) is 0.569. The first-order valence-electron chi connectivity index (χ1n) is 6.61. The largest absolute Gasteiger partial charge is 0.298 e. The number of hydrogen-bond donors (Lipinski definition) is 0. The summed E-state index contributed by atoms with van der Waals surface area (Å²) >= 11 is 0. The van der Waals surface area contributed by atoms with E-state index >= 15 is 0 Å². The van der Waals surface area contributed by atoms with E-state index in [9.17, 15) is 4.79 Å². The van der Waals surface area contributed by atoms with Crippen LogP contribution >= 0.6 is 0 Å². The van der Waals surface area contributed by atoms with E-state index in [1.807, 2.05) is 43.3 Å². The highest BCUT2D eigenvalue weighted by Gasteiger charge is 2.11. The normalized spacial score (nSPS) is 11.6. The summed E-state index contributed by atoms with van der Waals surface area (Å²) in [6.07, 6.45) is 3.79. The van der Waals surface area contributed by atoms with Gasteiger partial charge in [-0.05, 0) is 23.1 Å². The Hall–Kier alpha value is -2.15. The van der Waals surface area contributed by atoms with Gasteiger partial charge in [0.05, 0.1) is 0 Å². The second-order valence-corrected chi connectivity index (χ2v) is 4.51. The van der Waals surface area contributed by atoms with Gasteiger partial charge in [0.2, 0.25) is 0 Å². The highest BCUT2D eigenvalue weighted by atomic mass is 16.1. The van der Waals surface area contributed by atoms with Crippen LogP contribution in [0.15, 0.2) is 72.3 Å². The maximum Gasteiger partial charge on any atom is 0.145 e. The van der Waals surface area contributed by atoms with Crippen molar-refractivity contribution in [3.05, 3.63) is 83.4 Å². The van der Waals surface area contributed by atoms with E-state index in [-0.39, 0.29) is 5.92 Å². The predicted molar refractivity (Wildman–Crippen MR) is 79.2 cm³/mol. The summed E-state index contributed by atoms with van der Waals surface area (Å²) in [5.74, 6) is 0.141. The van der Waals surface area contributed by atoms with Crippen molar-refractivity contribution in [1.29, 1.82) is 0 Å². The number of benzene rings is 2. The molecule has 2 aromatic carbocycles. The number of hydrogen-bond acceptors (Lipinski definition) is 1. The SMILES string of the molecule is CC/C(C=O)=C/C(c1ccccc1)c1ccccc1. The molecule has 0 N–H and O–H groups in total. The Labute approximate surface area is 114 Å². The molecule has 0 aliphatic rings. The average Bonchev–Trinajstić information content (AvgIpc) is 2.50. The molecule has 2 rings (SSSR count). The second kappa shape index (κ2) is 6.69. The number of carbonyl (C=O) groups excluding carboxylic acids is 1. The monoisotopic (exact) mass is 250 g/mol. The van der Waals surface area contributed by atoms with Crippen molar-refractivity contribution in [3.63, 3.8) is 0 Å². The summed E-state index contributed by atoms with van der Waals surface area (Å²) in [7, 11) is 0. The lowest BCUT2D eigenvalue weighted by molar-refractivity contribution is -0.105. The molecule has 2 aromatic rings. The second-order valence-electron chi connectivity index (χ2n) is 4.51. The Balaban J connectivity index is 2.45. The molecule has 96 valence electrons. The molecule has 1 nitrogen and oxygen atoms in total. The third kappa shape index (κ3) is 3.41. The molecule has 0 radical (unpaired) electrons. The van der Waals surface area contributed by atoms with Crippen LogP contribution in [0.5, 0.6) is 0 Å². The van der Waals surface area contributed by atoms with Crippen LogP contribution in [0.3, 0.4) is 0 Å². The van der Waals surface area contributed by atoms with E-state index in [4.69, 9.17) is 0 Å². The van der Waals surface area contributed by atoms with Gasteiger partial charge in [-0.15, -0.1) is 0 Å². The van der Waals surface area contributed by atoms with Crippen LogP contribution in [-0.2, 0) is 4.79 Å². The van der Waals surface area contributed by atoms with Crippen molar-refractivity contribution in [2.24, 2.45) is 0 Å². The third-order valence-corrected chi connectivity index (χ3v) is 3.26. The fourth-order valence-corrected chi connectivity index (χ4v) is 2.16. The van der Waals surface area contributed by atoms with E-state index in [0.717, 1.165) is 18.3 Å². The highest BCUT2D eigenvalue weighted by molar-refractivity contribution is 5.73. The standard InChI is InChI=1S/C18H18O/c1-2-15(14-19)13-18(16-9-5-3-6-10-16)17-11-7-4-8-12-17/h3-14,18H,2H2,1H3/b15-13-. The Kier molecular flexibility index (Phi) is 4.68. The first-order valence-corrected chi connectivity index (χ1v) is 6.61. The van der Waals surface area contributed by atoms with E-state index in [0.29, 0.717) is 0 Å². The fraction of sp³-hybridized carbons (Fsp3) is 0.167. The zero-order valence-corrected chi connectivity index (χ0v) is 11.1. The van der Waals surface area contributed by atoms with Gasteiger partial charge in [0.25, 0.3) is 0 Å². The van der Waals surface area contributed by atoms with Crippen LogP contribution in [0.1, 0.15) is 30.4 Å². The molecule has 0 spiro atoms. The Morgan fingerprint density at radius 1 is 0.947 bits per heavy atom. The van der Waals surface area contributed by atoms with Crippen LogP contribution in [0.4, 0.5) is 0 Å². The van der Waals surface area contributed by atoms with Crippen LogP contribution in [0.25, 0.3) is 0 Å². The van der Waals surface area contributed by atoms with Gasteiger partial charge in [0.1, 0.15) is 6.29 Å². The van der Waals surface area contributed by atoms with Crippen LogP contribution in [-0.4, -0.2) is 6.29 Å². The van der Waals surface area contributed by atoms with Crippen LogP contribution < -0.4 is 0 Å². The van der Waals surface area contributed by atoms with Gasteiger partial charge in [-0.2, -0.15) is 0 Å². The van der Waals surface area contributed by atoms with Crippen molar-refractivity contribution in [3.8, 4) is 0 Å². The Morgan fingerprint density at radius 2 is 1.42 bits per heavy atom. The lowest BCUT2D eigenvalue weighted by atomic mass is 9.89.